The number of aliphatic imine (C=N–C) groups is 1. The van der Waals surface area contributed by atoms with Gasteiger partial charge in [0.15, 0.2) is 5.96 Å². The molecule has 1 aliphatic heterocycles. The maximum atomic E-state index is 11.8. The van der Waals surface area contributed by atoms with Crippen molar-refractivity contribution in [2.45, 2.75) is 59.2 Å². The number of nitrogens with one attached hydrogen (secondary N) is 2. The smallest absolute Gasteiger partial charge is 0.222 e. The highest BCUT2D eigenvalue weighted by atomic mass is 127. The Bertz CT molecular complexity index is 605. The molecule has 0 radical (unpaired) electrons. The Hall–Kier alpha value is -1.51. The van der Waals surface area contributed by atoms with Crippen LogP contribution in [0.1, 0.15) is 46.1 Å². The molecule has 0 aromatic heterocycles. The third-order valence-electron chi connectivity index (χ3n) is 4.24. The van der Waals surface area contributed by atoms with Crippen LogP contribution in [0.3, 0.4) is 0 Å². The SMILES string of the molecule is CCNC(=NCc1ccc(OC(C)C)cc1)NC1CCN(C(=O)CC)C1.I. The van der Waals surface area contributed by atoms with Gasteiger partial charge in [-0.15, -0.1) is 24.0 Å². The number of hydrogen-bond acceptors (Lipinski definition) is 3. The summed E-state index contributed by atoms with van der Waals surface area (Å²) in [4.78, 5) is 18.4. The molecule has 152 valence electrons. The summed E-state index contributed by atoms with van der Waals surface area (Å²) in [6.45, 7) is 11.0. The van der Waals surface area contributed by atoms with Gasteiger partial charge in [0.1, 0.15) is 5.75 Å². The molecule has 1 saturated heterocycles. The Balaban J connectivity index is 0.00000364. The third kappa shape index (κ3) is 7.94. The Labute approximate surface area is 180 Å². The summed E-state index contributed by atoms with van der Waals surface area (Å²) in [5.41, 5.74) is 1.13. The number of likely N-dealkylation sites (tertiary alicyclic amines) is 1. The quantitative estimate of drug-likeness (QED) is 0.352. The zero-order valence-corrected chi connectivity index (χ0v) is 19.2. The summed E-state index contributed by atoms with van der Waals surface area (Å²) >= 11 is 0. The van der Waals surface area contributed by atoms with Crippen LogP contribution in [0.2, 0.25) is 0 Å². The van der Waals surface area contributed by atoms with Gasteiger partial charge in [-0.1, -0.05) is 19.1 Å². The predicted molar refractivity (Wildman–Crippen MR) is 121 cm³/mol. The highest BCUT2D eigenvalue weighted by molar-refractivity contribution is 14.0. The largest absolute Gasteiger partial charge is 0.491 e. The molecule has 1 fully saturated rings. The highest BCUT2D eigenvalue weighted by Crippen LogP contribution is 2.14. The van der Waals surface area contributed by atoms with E-state index < -0.39 is 0 Å². The first-order valence-corrected chi connectivity index (χ1v) is 9.60. The van der Waals surface area contributed by atoms with Crippen LogP contribution in [0.4, 0.5) is 0 Å². The molecule has 1 unspecified atom stereocenters. The van der Waals surface area contributed by atoms with Gasteiger partial charge in [0.25, 0.3) is 0 Å². The average Bonchev–Trinajstić information content (AvgIpc) is 3.08. The molecule has 0 bridgehead atoms. The van der Waals surface area contributed by atoms with Gasteiger partial charge in [-0.05, 0) is 44.9 Å². The van der Waals surface area contributed by atoms with Crippen LogP contribution in [0.15, 0.2) is 29.3 Å². The van der Waals surface area contributed by atoms with Gasteiger partial charge < -0.3 is 20.3 Å². The van der Waals surface area contributed by atoms with E-state index in [0.29, 0.717) is 13.0 Å². The van der Waals surface area contributed by atoms with Gasteiger partial charge in [-0.2, -0.15) is 0 Å². The van der Waals surface area contributed by atoms with Crippen molar-refractivity contribution in [3.63, 3.8) is 0 Å². The highest BCUT2D eigenvalue weighted by Gasteiger charge is 2.25. The lowest BCUT2D eigenvalue weighted by atomic mass is 10.2. The fourth-order valence-electron chi connectivity index (χ4n) is 2.96. The molecule has 2 rings (SSSR count). The molecule has 0 spiro atoms. The summed E-state index contributed by atoms with van der Waals surface area (Å²) in [5.74, 6) is 1.90. The lowest BCUT2D eigenvalue weighted by Gasteiger charge is -2.18. The summed E-state index contributed by atoms with van der Waals surface area (Å²) in [7, 11) is 0. The molecule has 1 atom stereocenters. The van der Waals surface area contributed by atoms with Crippen molar-refractivity contribution in [2.75, 3.05) is 19.6 Å². The van der Waals surface area contributed by atoms with Crippen LogP contribution in [0, 0.1) is 0 Å². The van der Waals surface area contributed by atoms with E-state index in [9.17, 15) is 4.79 Å². The zero-order chi connectivity index (χ0) is 18.9. The Morgan fingerprint density at radius 2 is 2.00 bits per heavy atom. The van der Waals surface area contributed by atoms with Crippen molar-refractivity contribution in [1.29, 1.82) is 0 Å². The first kappa shape index (κ1) is 23.5. The molecule has 1 aliphatic rings. The Morgan fingerprint density at radius 1 is 1.30 bits per heavy atom. The van der Waals surface area contributed by atoms with Crippen LogP contribution in [0.25, 0.3) is 0 Å². The molecular formula is C20H33IN4O2. The fraction of sp³-hybridized carbons (Fsp3) is 0.600. The molecule has 6 nitrogen and oxygen atoms in total. The topological polar surface area (TPSA) is 66.0 Å². The van der Waals surface area contributed by atoms with E-state index in [2.05, 4.69) is 22.5 Å². The number of hydrogen-bond donors (Lipinski definition) is 2. The minimum absolute atomic E-state index is 0. The Morgan fingerprint density at radius 3 is 2.59 bits per heavy atom. The number of benzene rings is 1. The molecule has 7 heteroatoms. The average molecular weight is 488 g/mol. The maximum Gasteiger partial charge on any atom is 0.222 e. The zero-order valence-electron chi connectivity index (χ0n) is 16.8. The minimum Gasteiger partial charge on any atom is -0.491 e. The molecule has 1 aromatic carbocycles. The number of amides is 1. The molecule has 0 aliphatic carbocycles. The van der Waals surface area contributed by atoms with Crippen LogP contribution >= 0.6 is 24.0 Å². The van der Waals surface area contributed by atoms with Crippen LogP contribution in [-0.2, 0) is 11.3 Å². The van der Waals surface area contributed by atoms with Crippen LogP contribution in [-0.4, -0.2) is 48.5 Å². The normalized spacial score (nSPS) is 16.9. The molecule has 27 heavy (non-hydrogen) atoms. The number of guanidine groups is 1. The van der Waals surface area contributed by atoms with E-state index >= 15 is 0 Å². The summed E-state index contributed by atoms with van der Waals surface area (Å²) in [6, 6.07) is 8.31. The predicted octanol–water partition coefficient (Wildman–Crippen LogP) is 3.16. The molecule has 0 saturated carbocycles. The summed E-state index contributed by atoms with van der Waals surface area (Å²) < 4.78 is 5.67. The van der Waals surface area contributed by atoms with Crippen LogP contribution in [0.5, 0.6) is 5.75 Å². The summed E-state index contributed by atoms with van der Waals surface area (Å²) in [6.07, 6.45) is 1.70. The van der Waals surface area contributed by atoms with E-state index in [0.717, 1.165) is 43.3 Å². The standard InChI is InChI=1S/C20H32N4O2.HI/c1-5-19(25)24-12-11-17(14-24)23-20(21-6-2)22-13-16-7-9-18(10-8-16)26-15(3)4;/h7-10,15,17H,5-6,11-14H2,1-4H3,(H2,21,22,23);1H. The lowest BCUT2D eigenvalue weighted by Crippen LogP contribution is -2.45. The van der Waals surface area contributed by atoms with Gasteiger partial charge >= 0.3 is 0 Å². The van der Waals surface area contributed by atoms with E-state index in [1.807, 2.05) is 49.9 Å². The van der Waals surface area contributed by atoms with Gasteiger partial charge in [-0.25, -0.2) is 4.99 Å². The number of nitrogens with zero attached hydrogens (tertiary/aromatic N) is 2. The maximum absolute atomic E-state index is 11.8. The summed E-state index contributed by atoms with van der Waals surface area (Å²) in [5, 5.41) is 6.74. The lowest BCUT2D eigenvalue weighted by molar-refractivity contribution is -0.129. The monoisotopic (exact) mass is 488 g/mol. The van der Waals surface area contributed by atoms with Gasteiger partial charge in [0.05, 0.1) is 12.6 Å². The van der Waals surface area contributed by atoms with Crippen molar-refractivity contribution < 1.29 is 9.53 Å². The first-order valence-electron chi connectivity index (χ1n) is 9.60. The molecule has 1 amide bonds. The minimum atomic E-state index is 0. The van der Waals surface area contributed by atoms with Crippen molar-refractivity contribution in [3.8, 4) is 5.75 Å². The van der Waals surface area contributed by atoms with Gasteiger partial charge in [0.2, 0.25) is 5.91 Å². The van der Waals surface area contributed by atoms with Crippen molar-refractivity contribution >= 4 is 35.8 Å². The number of carbonyl (C=O) groups excluding carboxylic acids is 1. The molecular weight excluding hydrogens is 455 g/mol. The second-order valence-corrected chi connectivity index (χ2v) is 6.83. The van der Waals surface area contributed by atoms with E-state index in [1.54, 1.807) is 0 Å². The van der Waals surface area contributed by atoms with Crippen LogP contribution < -0.4 is 15.4 Å². The second kappa shape index (κ2) is 12.0. The van der Waals surface area contributed by atoms with Gasteiger partial charge in [0, 0.05) is 32.1 Å². The first-order chi connectivity index (χ1) is 12.5. The Kier molecular flexibility index (Phi) is 10.5. The van der Waals surface area contributed by atoms with E-state index in [4.69, 9.17) is 4.74 Å². The third-order valence-corrected chi connectivity index (χ3v) is 4.24. The number of halogens is 1. The molecule has 2 N–H and O–H groups in total. The molecule has 1 aromatic rings. The van der Waals surface area contributed by atoms with E-state index in [1.165, 1.54) is 0 Å². The number of carbonyl (C=O) groups is 1. The van der Waals surface area contributed by atoms with Crippen molar-refractivity contribution in [2.24, 2.45) is 4.99 Å². The number of rotatable bonds is 7. The van der Waals surface area contributed by atoms with Crippen molar-refractivity contribution in [1.82, 2.24) is 15.5 Å². The fourth-order valence-corrected chi connectivity index (χ4v) is 2.96. The van der Waals surface area contributed by atoms with Gasteiger partial charge in [-0.3, -0.25) is 4.79 Å². The van der Waals surface area contributed by atoms with E-state index in [-0.39, 0.29) is 42.0 Å². The second-order valence-electron chi connectivity index (χ2n) is 6.83. The molecule has 1 heterocycles. The van der Waals surface area contributed by atoms with Crippen molar-refractivity contribution in [3.05, 3.63) is 29.8 Å². The number of ether oxygens (including phenoxy) is 1.